The third kappa shape index (κ3) is 3.60. The van der Waals surface area contributed by atoms with E-state index < -0.39 is 0 Å². The first-order chi connectivity index (χ1) is 8.15. The summed E-state index contributed by atoms with van der Waals surface area (Å²) in [5, 5.41) is 0.744. The molecule has 0 fully saturated rings. The van der Waals surface area contributed by atoms with Crippen molar-refractivity contribution < 1.29 is 4.74 Å². The summed E-state index contributed by atoms with van der Waals surface area (Å²) < 4.78 is 6.56. The molecule has 0 atom stereocenters. The monoisotopic (exact) mass is 331 g/mol. The fourth-order valence-electron chi connectivity index (χ4n) is 1.27. The Bertz CT molecular complexity index is 534. The van der Waals surface area contributed by atoms with Crippen LogP contribution in [0, 0.1) is 0 Å². The van der Waals surface area contributed by atoms with Gasteiger partial charge in [-0.15, -0.1) is 0 Å². The van der Waals surface area contributed by atoms with Crippen LogP contribution in [0.3, 0.4) is 0 Å². The van der Waals surface area contributed by atoms with E-state index >= 15 is 0 Å². The Morgan fingerprint density at radius 1 is 1.18 bits per heavy atom. The molecule has 88 valence electrons. The summed E-state index contributed by atoms with van der Waals surface area (Å²) in [7, 11) is 0. The van der Waals surface area contributed by atoms with Gasteiger partial charge in [0.15, 0.2) is 0 Å². The van der Waals surface area contributed by atoms with Gasteiger partial charge in [0.1, 0.15) is 22.7 Å². The van der Waals surface area contributed by atoms with E-state index in [1.807, 2.05) is 24.3 Å². The van der Waals surface area contributed by atoms with Crippen LogP contribution >= 0.6 is 39.1 Å². The summed E-state index contributed by atoms with van der Waals surface area (Å²) in [6, 6.07) is 11.1. The maximum absolute atomic E-state index is 5.94. The average molecular weight is 333 g/mol. The highest BCUT2D eigenvalue weighted by Crippen LogP contribution is 2.21. The van der Waals surface area contributed by atoms with Gasteiger partial charge in [0.2, 0.25) is 0 Å². The molecular weight excluding hydrogens is 325 g/mol. The molecule has 2 rings (SSSR count). The van der Waals surface area contributed by atoms with Gasteiger partial charge in [-0.1, -0.05) is 45.2 Å². The van der Waals surface area contributed by atoms with E-state index in [0.29, 0.717) is 16.9 Å². The second-order valence-electron chi connectivity index (χ2n) is 3.33. The largest absolute Gasteiger partial charge is 0.489 e. The molecule has 0 unspecified atom stereocenters. The lowest BCUT2D eigenvalue weighted by Gasteiger charge is -2.07. The maximum Gasteiger partial charge on any atom is 0.137 e. The number of pyridine rings is 1. The van der Waals surface area contributed by atoms with Gasteiger partial charge in [-0.05, 0) is 30.3 Å². The van der Waals surface area contributed by atoms with Crippen molar-refractivity contribution >= 4 is 39.1 Å². The van der Waals surface area contributed by atoms with E-state index in [2.05, 4.69) is 20.9 Å². The minimum absolute atomic E-state index is 0.361. The van der Waals surface area contributed by atoms with Crippen LogP contribution in [-0.2, 0) is 6.61 Å². The highest BCUT2D eigenvalue weighted by molar-refractivity contribution is 9.10. The lowest BCUT2D eigenvalue weighted by molar-refractivity contribution is 0.305. The van der Waals surface area contributed by atoms with E-state index in [0.717, 1.165) is 15.8 Å². The molecule has 0 saturated heterocycles. The average Bonchev–Trinajstić information content (AvgIpc) is 2.28. The molecule has 0 bridgehead atoms. The Hall–Kier alpha value is -0.770. The molecule has 5 heteroatoms. The molecule has 0 spiro atoms. The van der Waals surface area contributed by atoms with Crippen LogP contribution in [0.2, 0.25) is 10.3 Å². The minimum atomic E-state index is 0.361. The third-order valence-corrected chi connectivity index (χ3v) is 3.11. The standard InChI is InChI=1S/C12H8BrCl2NO/c13-9-2-1-3-10(6-9)17-7-8-4-5-11(14)16-12(8)15/h1-6H,7H2. The van der Waals surface area contributed by atoms with Gasteiger partial charge < -0.3 is 4.74 Å². The van der Waals surface area contributed by atoms with E-state index in [1.165, 1.54) is 0 Å². The van der Waals surface area contributed by atoms with Crippen LogP contribution < -0.4 is 4.74 Å². The summed E-state index contributed by atoms with van der Waals surface area (Å²) in [5.74, 6) is 0.769. The molecule has 17 heavy (non-hydrogen) atoms. The van der Waals surface area contributed by atoms with Crippen molar-refractivity contribution in [2.24, 2.45) is 0 Å². The lowest BCUT2D eigenvalue weighted by Crippen LogP contribution is -1.97. The van der Waals surface area contributed by atoms with Crippen molar-refractivity contribution in [1.29, 1.82) is 0 Å². The van der Waals surface area contributed by atoms with E-state index in [1.54, 1.807) is 12.1 Å². The topological polar surface area (TPSA) is 22.1 Å². The Balaban J connectivity index is 2.07. The van der Waals surface area contributed by atoms with Crippen LogP contribution in [0.4, 0.5) is 0 Å². The molecule has 0 radical (unpaired) electrons. The number of halogens is 3. The van der Waals surface area contributed by atoms with Crippen LogP contribution in [-0.4, -0.2) is 4.98 Å². The van der Waals surface area contributed by atoms with E-state index in [-0.39, 0.29) is 0 Å². The first kappa shape index (κ1) is 12.7. The van der Waals surface area contributed by atoms with Gasteiger partial charge in [0.05, 0.1) is 0 Å². The molecular formula is C12H8BrCl2NO. The molecule has 0 aliphatic carbocycles. The van der Waals surface area contributed by atoms with Gasteiger partial charge in [-0.2, -0.15) is 0 Å². The van der Waals surface area contributed by atoms with Crippen molar-refractivity contribution in [3.63, 3.8) is 0 Å². The Kier molecular flexibility index (Phi) is 4.26. The van der Waals surface area contributed by atoms with E-state index in [4.69, 9.17) is 27.9 Å². The van der Waals surface area contributed by atoms with Crippen LogP contribution in [0.25, 0.3) is 0 Å². The number of nitrogens with zero attached hydrogens (tertiary/aromatic N) is 1. The van der Waals surface area contributed by atoms with Crippen molar-refractivity contribution in [2.45, 2.75) is 6.61 Å². The first-order valence-corrected chi connectivity index (χ1v) is 6.39. The lowest BCUT2D eigenvalue weighted by atomic mass is 10.3. The minimum Gasteiger partial charge on any atom is -0.489 e. The summed E-state index contributed by atoms with van der Waals surface area (Å²) in [6.45, 7) is 0.361. The maximum atomic E-state index is 5.94. The summed E-state index contributed by atoms with van der Waals surface area (Å²) in [5.41, 5.74) is 0.802. The zero-order valence-corrected chi connectivity index (χ0v) is 11.8. The SMILES string of the molecule is Clc1ccc(COc2cccc(Br)c2)c(Cl)n1. The quantitative estimate of drug-likeness (QED) is 0.758. The van der Waals surface area contributed by atoms with Crippen molar-refractivity contribution in [3.8, 4) is 5.75 Å². The molecule has 1 aromatic carbocycles. The molecule has 0 amide bonds. The predicted octanol–water partition coefficient (Wildman–Crippen LogP) is 4.73. The Morgan fingerprint density at radius 2 is 2.00 bits per heavy atom. The van der Waals surface area contributed by atoms with Gasteiger partial charge in [-0.3, -0.25) is 0 Å². The predicted molar refractivity (Wildman–Crippen MR) is 72.7 cm³/mol. The molecule has 0 aliphatic rings. The number of rotatable bonds is 3. The molecule has 1 heterocycles. The van der Waals surface area contributed by atoms with Crippen molar-refractivity contribution in [3.05, 3.63) is 56.7 Å². The molecule has 0 N–H and O–H groups in total. The molecule has 2 nitrogen and oxygen atoms in total. The van der Waals surface area contributed by atoms with Gasteiger partial charge in [0.25, 0.3) is 0 Å². The summed E-state index contributed by atoms with van der Waals surface area (Å²) >= 11 is 15.0. The second kappa shape index (κ2) is 5.71. The van der Waals surface area contributed by atoms with Crippen LogP contribution in [0.15, 0.2) is 40.9 Å². The molecule has 0 saturated carbocycles. The van der Waals surface area contributed by atoms with Crippen LogP contribution in [0.5, 0.6) is 5.75 Å². The summed E-state index contributed by atoms with van der Waals surface area (Å²) in [6.07, 6.45) is 0. The third-order valence-electron chi connectivity index (χ3n) is 2.08. The molecule has 1 aromatic heterocycles. The first-order valence-electron chi connectivity index (χ1n) is 4.84. The van der Waals surface area contributed by atoms with Crippen LogP contribution in [0.1, 0.15) is 5.56 Å². The van der Waals surface area contributed by atoms with Crippen molar-refractivity contribution in [2.75, 3.05) is 0 Å². The highest BCUT2D eigenvalue weighted by atomic mass is 79.9. The highest BCUT2D eigenvalue weighted by Gasteiger charge is 2.04. The number of ether oxygens (including phenoxy) is 1. The van der Waals surface area contributed by atoms with E-state index in [9.17, 15) is 0 Å². The normalized spacial score (nSPS) is 10.3. The van der Waals surface area contributed by atoms with Gasteiger partial charge in [-0.25, -0.2) is 4.98 Å². The molecule has 2 aromatic rings. The zero-order chi connectivity index (χ0) is 12.3. The van der Waals surface area contributed by atoms with Gasteiger partial charge >= 0.3 is 0 Å². The Labute approximate surface area is 118 Å². The number of hydrogen-bond acceptors (Lipinski definition) is 2. The number of benzene rings is 1. The smallest absolute Gasteiger partial charge is 0.137 e. The zero-order valence-electron chi connectivity index (χ0n) is 8.66. The Morgan fingerprint density at radius 3 is 2.71 bits per heavy atom. The number of hydrogen-bond donors (Lipinski definition) is 0. The second-order valence-corrected chi connectivity index (χ2v) is 4.99. The van der Waals surface area contributed by atoms with Crippen molar-refractivity contribution in [1.82, 2.24) is 4.98 Å². The molecule has 0 aliphatic heterocycles. The summed E-state index contributed by atoms with van der Waals surface area (Å²) in [4.78, 5) is 3.95. The fraction of sp³-hybridized carbons (Fsp3) is 0.0833. The number of aromatic nitrogens is 1. The fourth-order valence-corrected chi connectivity index (χ4v) is 2.04. The van der Waals surface area contributed by atoms with Gasteiger partial charge in [0, 0.05) is 10.0 Å².